The highest BCUT2D eigenvalue weighted by atomic mass is 32.1. The number of benzene rings is 2. The van der Waals surface area contributed by atoms with Crippen molar-refractivity contribution in [3.63, 3.8) is 0 Å². The molecule has 0 amide bonds. The second kappa shape index (κ2) is 12.2. The number of thiophene rings is 1. The molecule has 0 N–H and O–H groups in total. The molecule has 2 heterocycles. The van der Waals surface area contributed by atoms with Gasteiger partial charge in [0.15, 0.2) is 0 Å². The highest BCUT2D eigenvalue weighted by molar-refractivity contribution is 7.26. The van der Waals surface area contributed by atoms with Gasteiger partial charge in [0.2, 0.25) is 0 Å². The van der Waals surface area contributed by atoms with Gasteiger partial charge >= 0.3 is 0 Å². The molecule has 2 aromatic heterocycles. The molecule has 0 bridgehead atoms. The van der Waals surface area contributed by atoms with Gasteiger partial charge in [0.25, 0.3) is 0 Å². The lowest BCUT2D eigenvalue weighted by molar-refractivity contribution is -0.155. The summed E-state index contributed by atoms with van der Waals surface area (Å²) >= 11 is 1.95. The molecule has 2 aromatic carbocycles. The second-order valence-corrected chi connectivity index (χ2v) is 19.6. The van der Waals surface area contributed by atoms with Gasteiger partial charge in [0.05, 0.1) is 5.69 Å². The standard InChI is InChI=1S/C47H57NS/c1-4-14-32-29(11-1)30-12-2-5-15-33(30)41-27-43-39-25-28(23-24-35(39)31-13-3-6-16-34(31)42(43)26-40(32)41)44-20-10-21-45(48-44)38-19-9-18-37-36-17-7-8-22-46(36)49-47(37)38/h7-10,17-22,28-35,39-43H,1-6,11-16,23-27H2. The van der Waals surface area contributed by atoms with E-state index in [4.69, 9.17) is 4.98 Å². The lowest BCUT2D eigenvalue weighted by Gasteiger charge is -2.65. The first-order valence-corrected chi connectivity index (χ1v) is 22.0. The van der Waals surface area contributed by atoms with Crippen LogP contribution < -0.4 is 0 Å². The molecule has 13 unspecified atom stereocenters. The van der Waals surface area contributed by atoms with E-state index in [2.05, 4.69) is 60.7 Å². The van der Waals surface area contributed by atoms with Crippen LogP contribution >= 0.6 is 11.3 Å². The summed E-state index contributed by atoms with van der Waals surface area (Å²) in [6.45, 7) is 0. The maximum Gasteiger partial charge on any atom is 0.0719 e. The Morgan fingerprint density at radius 3 is 1.59 bits per heavy atom. The molecule has 256 valence electrons. The average molecular weight is 668 g/mol. The van der Waals surface area contributed by atoms with Crippen molar-refractivity contribution in [2.24, 2.45) is 71.0 Å². The Morgan fingerprint density at radius 1 is 0.429 bits per heavy atom. The number of hydrogen-bond acceptors (Lipinski definition) is 2. The molecular weight excluding hydrogens is 611 g/mol. The van der Waals surface area contributed by atoms with Crippen LogP contribution in [-0.4, -0.2) is 4.98 Å². The Labute approximate surface area is 299 Å². The SMILES string of the molecule is c1cc(-c2cccc3c2sc2ccccc23)nc(C2CCC3C4CCCCC4C4CC5C6CCCCC6C6CCCCC6C5CC4C3C2)c1. The van der Waals surface area contributed by atoms with Crippen molar-refractivity contribution >= 4 is 31.5 Å². The minimum Gasteiger partial charge on any atom is -0.252 e. The fourth-order valence-corrected chi connectivity index (χ4v) is 16.6. The van der Waals surface area contributed by atoms with E-state index in [9.17, 15) is 0 Å². The van der Waals surface area contributed by atoms with Crippen molar-refractivity contribution in [1.82, 2.24) is 4.98 Å². The number of hydrogen-bond donors (Lipinski definition) is 0. The Kier molecular flexibility index (Phi) is 7.58. The van der Waals surface area contributed by atoms with E-state index in [0.717, 1.165) is 71.0 Å². The van der Waals surface area contributed by atoms with Crippen LogP contribution in [-0.2, 0) is 0 Å². The molecule has 2 heteroatoms. The summed E-state index contributed by atoms with van der Waals surface area (Å²) < 4.78 is 2.79. The summed E-state index contributed by atoms with van der Waals surface area (Å²) in [6, 6.07) is 22.9. The Morgan fingerprint density at radius 2 is 0.939 bits per heavy atom. The minimum absolute atomic E-state index is 0.637. The van der Waals surface area contributed by atoms with Gasteiger partial charge < -0.3 is 0 Å². The Bertz CT molecular complexity index is 1840. The maximum atomic E-state index is 5.58. The third kappa shape index (κ3) is 4.84. The summed E-state index contributed by atoms with van der Waals surface area (Å²) in [4.78, 5) is 5.58. The molecule has 11 rings (SSSR count). The predicted octanol–water partition coefficient (Wildman–Crippen LogP) is 13.3. The van der Waals surface area contributed by atoms with Gasteiger partial charge in [0.1, 0.15) is 0 Å². The first-order valence-electron chi connectivity index (χ1n) is 21.2. The van der Waals surface area contributed by atoms with Crippen molar-refractivity contribution in [3.05, 3.63) is 66.4 Å². The van der Waals surface area contributed by atoms with Crippen LogP contribution in [0, 0.1) is 71.0 Å². The fourth-order valence-electron chi connectivity index (χ4n) is 15.4. The lowest BCUT2D eigenvalue weighted by atomic mass is 9.40. The molecule has 7 aliphatic carbocycles. The van der Waals surface area contributed by atoms with E-state index in [1.165, 1.54) is 94.9 Å². The van der Waals surface area contributed by atoms with Gasteiger partial charge in [-0.2, -0.15) is 0 Å². The quantitative estimate of drug-likeness (QED) is 0.207. The Hall–Kier alpha value is -2.19. The van der Waals surface area contributed by atoms with E-state index in [1.54, 1.807) is 51.4 Å². The van der Waals surface area contributed by atoms with E-state index in [0.29, 0.717) is 5.92 Å². The van der Waals surface area contributed by atoms with E-state index >= 15 is 0 Å². The molecule has 7 aliphatic rings. The minimum atomic E-state index is 0.637. The maximum absolute atomic E-state index is 5.58. The van der Waals surface area contributed by atoms with E-state index in [1.807, 2.05) is 11.3 Å². The van der Waals surface area contributed by atoms with Crippen molar-refractivity contribution in [1.29, 1.82) is 0 Å². The smallest absolute Gasteiger partial charge is 0.0719 e. The first-order chi connectivity index (χ1) is 24.3. The molecule has 0 aliphatic heterocycles. The lowest BCUT2D eigenvalue weighted by Crippen LogP contribution is -2.57. The monoisotopic (exact) mass is 667 g/mol. The predicted molar refractivity (Wildman–Crippen MR) is 206 cm³/mol. The van der Waals surface area contributed by atoms with Crippen LogP contribution in [0.15, 0.2) is 60.7 Å². The zero-order chi connectivity index (χ0) is 32.1. The summed E-state index contributed by atoms with van der Waals surface area (Å²) in [5.74, 6) is 13.3. The van der Waals surface area contributed by atoms with Crippen molar-refractivity contribution in [2.75, 3.05) is 0 Å². The van der Waals surface area contributed by atoms with Crippen LogP contribution in [0.2, 0.25) is 0 Å². The van der Waals surface area contributed by atoms with E-state index in [-0.39, 0.29) is 0 Å². The summed E-state index contributed by atoms with van der Waals surface area (Å²) in [7, 11) is 0. The van der Waals surface area contributed by atoms with Crippen molar-refractivity contribution in [2.45, 2.75) is 115 Å². The summed E-state index contributed by atoms with van der Waals surface area (Å²) in [5, 5.41) is 2.78. The summed E-state index contributed by atoms with van der Waals surface area (Å²) in [6.07, 6.45) is 26.2. The molecule has 49 heavy (non-hydrogen) atoms. The van der Waals surface area contributed by atoms with Gasteiger partial charge in [0, 0.05) is 37.3 Å². The van der Waals surface area contributed by atoms with Gasteiger partial charge in [-0.25, -0.2) is 0 Å². The molecule has 7 saturated carbocycles. The molecule has 13 atom stereocenters. The van der Waals surface area contributed by atoms with Crippen molar-refractivity contribution < 1.29 is 0 Å². The fraction of sp³-hybridized carbons (Fsp3) is 0.638. The first kappa shape index (κ1) is 30.4. The number of aromatic nitrogens is 1. The van der Waals surface area contributed by atoms with Crippen LogP contribution in [0.5, 0.6) is 0 Å². The molecule has 0 spiro atoms. The van der Waals surface area contributed by atoms with Gasteiger partial charge in [-0.3, -0.25) is 4.98 Å². The number of fused-ring (bicyclic) bond motifs is 15. The van der Waals surface area contributed by atoms with Gasteiger partial charge in [-0.05, 0) is 160 Å². The molecule has 1 nitrogen and oxygen atoms in total. The Balaban J connectivity index is 0.925. The molecular formula is C47H57NS. The molecule has 7 fully saturated rings. The molecule has 0 radical (unpaired) electrons. The van der Waals surface area contributed by atoms with Crippen molar-refractivity contribution in [3.8, 4) is 11.3 Å². The largest absolute Gasteiger partial charge is 0.252 e. The normalized spacial score (nSPS) is 41.5. The molecule has 0 saturated heterocycles. The zero-order valence-corrected chi connectivity index (χ0v) is 30.5. The number of nitrogens with zero attached hydrogens (tertiary/aromatic N) is 1. The van der Waals surface area contributed by atoms with Gasteiger partial charge in [-0.15, -0.1) is 11.3 Å². The number of pyridine rings is 1. The third-order valence-corrected chi connectivity index (χ3v) is 18.2. The summed E-state index contributed by atoms with van der Waals surface area (Å²) in [5.41, 5.74) is 3.93. The topological polar surface area (TPSA) is 12.9 Å². The van der Waals surface area contributed by atoms with Crippen LogP contribution in [0.4, 0.5) is 0 Å². The highest BCUT2D eigenvalue weighted by Crippen LogP contribution is 2.67. The average Bonchev–Trinajstić information content (AvgIpc) is 3.56. The zero-order valence-electron chi connectivity index (χ0n) is 29.7. The highest BCUT2D eigenvalue weighted by Gasteiger charge is 2.60. The van der Waals surface area contributed by atoms with Crippen LogP contribution in [0.25, 0.3) is 31.4 Å². The number of rotatable bonds is 2. The van der Waals surface area contributed by atoms with Crippen LogP contribution in [0.1, 0.15) is 121 Å². The third-order valence-electron chi connectivity index (χ3n) is 16.9. The second-order valence-electron chi connectivity index (χ2n) is 18.5. The van der Waals surface area contributed by atoms with E-state index < -0.39 is 0 Å². The van der Waals surface area contributed by atoms with Gasteiger partial charge in [-0.1, -0.05) is 81.0 Å². The van der Waals surface area contributed by atoms with Crippen LogP contribution in [0.3, 0.4) is 0 Å². The molecule has 4 aromatic rings.